The first kappa shape index (κ1) is 11.7. The maximum Gasteiger partial charge on any atom is 0.0376 e. The second-order valence-electron chi connectivity index (χ2n) is 4.26. The van der Waals surface area contributed by atoms with Crippen LogP contribution in [0.3, 0.4) is 0 Å². The zero-order valence-electron chi connectivity index (χ0n) is 10.3. The van der Waals surface area contributed by atoms with Crippen LogP contribution in [-0.4, -0.2) is 0 Å². The standard InChI is InChI=1S/C17H18/c1-3-17(4-2,15-11-7-5-8-12-15)16-13-9-6-10-14-16/h3,5-14H,1,4H2,2H3. The molecule has 0 saturated heterocycles. The number of rotatable bonds is 4. The van der Waals surface area contributed by atoms with E-state index < -0.39 is 0 Å². The lowest BCUT2D eigenvalue weighted by Crippen LogP contribution is -2.23. The molecule has 0 nitrogen and oxygen atoms in total. The van der Waals surface area contributed by atoms with Gasteiger partial charge in [0.15, 0.2) is 0 Å². The van der Waals surface area contributed by atoms with Gasteiger partial charge in [0.1, 0.15) is 0 Å². The van der Waals surface area contributed by atoms with Crippen LogP contribution in [0.1, 0.15) is 24.5 Å². The van der Waals surface area contributed by atoms with Crippen molar-refractivity contribution in [1.82, 2.24) is 0 Å². The van der Waals surface area contributed by atoms with Gasteiger partial charge in [-0.15, -0.1) is 6.58 Å². The normalized spacial score (nSPS) is 11.1. The molecule has 0 heteroatoms. The van der Waals surface area contributed by atoms with Gasteiger partial charge in [-0.05, 0) is 17.5 Å². The monoisotopic (exact) mass is 222 g/mol. The summed E-state index contributed by atoms with van der Waals surface area (Å²) in [6.45, 7) is 6.27. The fourth-order valence-corrected chi connectivity index (χ4v) is 2.43. The van der Waals surface area contributed by atoms with E-state index in [1.165, 1.54) is 11.1 Å². The van der Waals surface area contributed by atoms with Crippen LogP contribution in [-0.2, 0) is 5.41 Å². The molecule has 0 radical (unpaired) electrons. The molecule has 86 valence electrons. The zero-order chi connectivity index (χ0) is 12.1. The molecule has 0 aliphatic rings. The van der Waals surface area contributed by atoms with Crippen molar-refractivity contribution in [1.29, 1.82) is 0 Å². The van der Waals surface area contributed by atoms with Crippen molar-refractivity contribution in [2.45, 2.75) is 18.8 Å². The van der Waals surface area contributed by atoms with Gasteiger partial charge in [0.05, 0.1) is 0 Å². The third kappa shape index (κ3) is 2.03. The maximum atomic E-state index is 4.06. The molecule has 0 bridgehead atoms. The minimum absolute atomic E-state index is 0.0669. The van der Waals surface area contributed by atoms with Crippen LogP contribution in [0.15, 0.2) is 73.3 Å². The maximum absolute atomic E-state index is 4.06. The summed E-state index contributed by atoms with van der Waals surface area (Å²) < 4.78 is 0. The van der Waals surface area contributed by atoms with Crippen LogP contribution in [0.25, 0.3) is 0 Å². The molecule has 2 rings (SSSR count). The second-order valence-corrected chi connectivity index (χ2v) is 4.26. The molecule has 0 heterocycles. The van der Waals surface area contributed by atoms with Gasteiger partial charge in [-0.3, -0.25) is 0 Å². The first-order valence-electron chi connectivity index (χ1n) is 6.08. The first-order valence-corrected chi connectivity index (χ1v) is 6.08. The lowest BCUT2D eigenvalue weighted by atomic mass is 9.73. The summed E-state index contributed by atoms with van der Waals surface area (Å²) in [4.78, 5) is 0. The molecule has 0 amide bonds. The summed E-state index contributed by atoms with van der Waals surface area (Å²) in [5.41, 5.74) is 2.55. The molecule has 0 N–H and O–H groups in total. The van der Waals surface area contributed by atoms with Gasteiger partial charge < -0.3 is 0 Å². The number of benzene rings is 2. The van der Waals surface area contributed by atoms with Crippen LogP contribution in [0, 0.1) is 0 Å². The van der Waals surface area contributed by atoms with Crippen LogP contribution >= 0.6 is 0 Å². The van der Waals surface area contributed by atoms with Gasteiger partial charge in [0.2, 0.25) is 0 Å². The van der Waals surface area contributed by atoms with Crippen LogP contribution in [0.5, 0.6) is 0 Å². The van der Waals surface area contributed by atoms with Crippen molar-refractivity contribution in [3.63, 3.8) is 0 Å². The molecular formula is C17H18. The predicted octanol–water partition coefficient (Wildman–Crippen LogP) is 4.57. The number of hydrogen-bond acceptors (Lipinski definition) is 0. The van der Waals surface area contributed by atoms with E-state index >= 15 is 0 Å². The Labute approximate surface area is 104 Å². The Hall–Kier alpha value is -1.82. The van der Waals surface area contributed by atoms with Gasteiger partial charge in [-0.2, -0.15) is 0 Å². The topological polar surface area (TPSA) is 0 Å². The first-order chi connectivity index (χ1) is 8.33. The van der Waals surface area contributed by atoms with Gasteiger partial charge in [-0.1, -0.05) is 73.7 Å². The average molecular weight is 222 g/mol. The summed E-state index contributed by atoms with van der Waals surface area (Å²) >= 11 is 0. The molecule has 0 atom stereocenters. The fourth-order valence-electron chi connectivity index (χ4n) is 2.43. The Balaban J connectivity index is 2.58. The molecule has 0 unspecified atom stereocenters. The van der Waals surface area contributed by atoms with Gasteiger partial charge in [0, 0.05) is 5.41 Å². The smallest absolute Gasteiger partial charge is 0.0376 e. The highest BCUT2D eigenvalue weighted by Gasteiger charge is 2.28. The molecule has 2 aromatic carbocycles. The van der Waals surface area contributed by atoms with Crippen LogP contribution in [0.4, 0.5) is 0 Å². The van der Waals surface area contributed by atoms with Gasteiger partial charge >= 0.3 is 0 Å². The van der Waals surface area contributed by atoms with Gasteiger partial charge in [0.25, 0.3) is 0 Å². The molecule has 0 aliphatic heterocycles. The summed E-state index contributed by atoms with van der Waals surface area (Å²) in [7, 11) is 0. The van der Waals surface area contributed by atoms with Crippen molar-refractivity contribution >= 4 is 0 Å². The van der Waals surface area contributed by atoms with Crippen LogP contribution < -0.4 is 0 Å². The van der Waals surface area contributed by atoms with Crippen molar-refractivity contribution in [3.8, 4) is 0 Å². The third-order valence-electron chi connectivity index (χ3n) is 3.48. The van der Waals surface area contributed by atoms with E-state index in [0.29, 0.717) is 0 Å². The van der Waals surface area contributed by atoms with E-state index in [0.717, 1.165) is 6.42 Å². The lowest BCUT2D eigenvalue weighted by molar-refractivity contribution is 0.619. The molecule has 0 fully saturated rings. The van der Waals surface area contributed by atoms with E-state index in [1.54, 1.807) is 0 Å². The largest absolute Gasteiger partial charge is 0.102 e. The minimum atomic E-state index is -0.0669. The van der Waals surface area contributed by atoms with Crippen molar-refractivity contribution in [2.75, 3.05) is 0 Å². The average Bonchev–Trinajstić information content (AvgIpc) is 2.43. The molecule has 2 aromatic rings. The molecule has 0 spiro atoms. The predicted molar refractivity (Wildman–Crippen MR) is 74.2 cm³/mol. The zero-order valence-corrected chi connectivity index (χ0v) is 10.3. The number of allylic oxidation sites excluding steroid dienone is 1. The van der Waals surface area contributed by atoms with Crippen molar-refractivity contribution in [3.05, 3.63) is 84.4 Å². The second kappa shape index (κ2) is 5.01. The van der Waals surface area contributed by atoms with E-state index in [1.807, 2.05) is 0 Å². The van der Waals surface area contributed by atoms with Crippen molar-refractivity contribution < 1.29 is 0 Å². The summed E-state index contributed by atoms with van der Waals surface area (Å²) in [6, 6.07) is 21.2. The molecule has 0 aliphatic carbocycles. The Morgan fingerprint density at radius 2 is 1.29 bits per heavy atom. The van der Waals surface area contributed by atoms with Crippen molar-refractivity contribution in [2.24, 2.45) is 0 Å². The highest BCUT2D eigenvalue weighted by atomic mass is 14.3. The van der Waals surface area contributed by atoms with Crippen LogP contribution in [0.2, 0.25) is 0 Å². The Bertz CT molecular complexity index is 428. The van der Waals surface area contributed by atoms with Gasteiger partial charge in [-0.25, -0.2) is 0 Å². The van der Waals surface area contributed by atoms with E-state index in [9.17, 15) is 0 Å². The summed E-state index contributed by atoms with van der Waals surface area (Å²) in [6.07, 6.45) is 3.09. The fraction of sp³-hybridized carbons (Fsp3) is 0.176. The Kier molecular flexibility index (Phi) is 3.43. The minimum Gasteiger partial charge on any atom is -0.102 e. The third-order valence-corrected chi connectivity index (χ3v) is 3.48. The summed E-state index contributed by atoms with van der Waals surface area (Å²) in [5, 5.41) is 0. The summed E-state index contributed by atoms with van der Waals surface area (Å²) in [5.74, 6) is 0. The Morgan fingerprint density at radius 1 is 0.882 bits per heavy atom. The number of hydrogen-bond donors (Lipinski definition) is 0. The molecule has 17 heavy (non-hydrogen) atoms. The molecular weight excluding hydrogens is 204 g/mol. The van der Waals surface area contributed by atoms with E-state index in [4.69, 9.17) is 0 Å². The van der Waals surface area contributed by atoms with E-state index in [-0.39, 0.29) is 5.41 Å². The lowest BCUT2D eigenvalue weighted by Gasteiger charge is -2.30. The highest BCUT2D eigenvalue weighted by molar-refractivity contribution is 5.43. The molecule has 0 saturated carbocycles. The quantitative estimate of drug-likeness (QED) is 0.665. The molecule has 0 aromatic heterocycles. The van der Waals surface area contributed by atoms with E-state index in [2.05, 4.69) is 80.2 Å². The Morgan fingerprint density at radius 3 is 1.59 bits per heavy atom. The highest BCUT2D eigenvalue weighted by Crippen LogP contribution is 2.36. The SMILES string of the molecule is C=CC(CC)(c1ccccc1)c1ccccc1.